The first-order chi connectivity index (χ1) is 8.66. The predicted molar refractivity (Wildman–Crippen MR) is 70.8 cm³/mol. The van der Waals surface area contributed by atoms with Crippen LogP contribution >= 0.6 is 12.4 Å². The van der Waals surface area contributed by atoms with E-state index in [9.17, 15) is 8.78 Å². The molecule has 1 aromatic carbocycles. The smallest absolute Gasteiger partial charge is 0.387 e. The number of hydrogen-bond donors (Lipinski definition) is 1. The molecule has 1 saturated heterocycles. The molecule has 1 aromatic rings. The lowest BCUT2D eigenvalue weighted by molar-refractivity contribution is -0.0498. The van der Waals surface area contributed by atoms with Gasteiger partial charge in [0.1, 0.15) is 5.75 Å². The summed E-state index contributed by atoms with van der Waals surface area (Å²) in [7, 11) is 0. The minimum absolute atomic E-state index is 0. The summed E-state index contributed by atoms with van der Waals surface area (Å²) in [6.07, 6.45) is 1.88. The lowest BCUT2D eigenvalue weighted by Crippen LogP contribution is -2.27. The summed E-state index contributed by atoms with van der Waals surface area (Å²) in [6.45, 7) is -1.31. The van der Waals surface area contributed by atoms with Crippen LogP contribution in [0.1, 0.15) is 24.4 Å². The summed E-state index contributed by atoms with van der Waals surface area (Å²) in [5.74, 6) is 0.550. The Morgan fingerprint density at radius 1 is 1.16 bits per heavy atom. The molecule has 2 rings (SSSR count). The van der Waals surface area contributed by atoms with Crippen molar-refractivity contribution in [2.75, 3.05) is 13.2 Å². The van der Waals surface area contributed by atoms with Gasteiger partial charge in [0.15, 0.2) is 0 Å². The average Bonchev–Trinajstić information content (AvgIpc) is 2.39. The van der Waals surface area contributed by atoms with Gasteiger partial charge >= 0.3 is 6.61 Å². The third kappa shape index (κ3) is 4.60. The Balaban J connectivity index is 0.00000180. The predicted octanol–water partition coefficient (Wildman–Crippen LogP) is 3.14. The van der Waals surface area contributed by atoms with Crippen molar-refractivity contribution in [3.8, 4) is 5.75 Å². The molecule has 0 aromatic heterocycles. The van der Waals surface area contributed by atoms with Crippen LogP contribution in [0, 0.1) is 5.92 Å². The molecule has 0 spiro atoms. The molecule has 0 bridgehead atoms. The zero-order valence-corrected chi connectivity index (χ0v) is 11.2. The van der Waals surface area contributed by atoms with Crippen molar-refractivity contribution in [3.63, 3.8) is 0 Å². The van der Waals surface area contributed by atoms with E-state index in [1.54, 1.807) is 12.1 Å². The van der Waals surface area contributed by atoms with Gasteiger partial charge in [-0.15, -0.1) is 12.4 Å². The molecule has 1 atom stereocenters. The highest BCUT2D eigenvalue weighted by Gasteiger charge is 2.22. The number of ether oxygens (including phenoxy) is 2. The Hall–Kier alpha value is -0.910. The van der Waals surface area contributed by atoms with Crippen molar-refractivity contribution in [1.82, 2.24) is 0 Å². The van der Waals surface area contributed by atoms with E-state index in [1.165, 1.54) is 12.1 Å². The van der Waals surface area contributed by atoms with Crippen LogP contribution in [0.25, 0.3) is 0 Å². The van der Waals surface area contributed by atoms with Gasteiger partial charge in [0, 0.05) is 19.3 Å². The van der Waals surface area contributed by atoms with Crippen LogP contribution in [0.15, 0.2) is 24.3 Å². The number of halogens is 3. The summed E-state index contributed by atoms with van der Waals surface area (Å²) in [6, 6.07) is 6.48. The monoisotopic (exact) mass is 293 g/mol. The maximum absolute atomic E-state index is 12.0. The van der Waals surface area contributed by atoms with Crippen molar-refractivity contribution in [1.29, 1.82) is 0 Å². The minimum atomic E-state index is -2.79. The van der Waals surface area contributed by atoms with Gasteiger partial charge in [-0.1, -0.05) is 12.1 Å². The molecule has 2 N–H and O–H groups in total. The van der Waals surface area contributed by atoms with Crippen LogP contribution in [-0.2, 0) is 4.74 Å². The first-order valence-corrected chi connectivity index (χ1v) is 6.05. The van der Waals surface area contributed by atoms with Gasteiger partial charge in [0.25, 0.3) is 0 Å². The SMILES string of the molecule is Cl.N[C@H](c1ccc(OC(F)F)cc1)C1CCOCC1. The molecular formula is C13H18ClF2NO2. The number of rotatable bonds is 4. The molecule has 1 aliphatic rings. The molecule has 6 heteroatoms. The number of nitrogens with two attached hydrogens (primary N) is 1. The number of hydrogen-bond acceptors (Lipinski definition) is 3. The van der Waals surface area contributed by atoms with E-state index >= 15 is 0 Å². The standard InChI is InChI=1S/C13H17F2NO2.ClH/c14-13(15)18-11-3-1-9(2-4-11)12(16)10-5-7-17-8-6-10;/h1-4,10,12-13H,5-8,16H2;1H/t12-;/m1./s1. The molecule has 0 amide bonds. The van der Waals surface area contributed by atoms with Crippen LogP contribution in [0.5, 0.6) is 5.75 Å². The van der Waals surface area contributed by atoms with E-state index < -0.39 is 6.61 Å². The normalized spacial score (nSPS) is 17.9. The van der Waals surface area contributed by atoms with E-state index in [0.29, 0.717) is 5.92 Å². The maximum Gasteiger partial charge on any atom is 0.387 e. The van der Waals surface area contributed by atoms with Crippen LogP contribution in [0.3, 0.4) is 0 Å². The third-order valence-corrected chi connectivity index (χ3v) is 3.26. The van der Waals surface area contributed by atoms with Crippen LogP contribution in [0.2, 0.25) is 0 Å². The molecule has 0 aliphatic carbocycles. The Morgan fingerprint density at radius 2 is 1.74 bits per heavy atom. The highest BCUT2D eigenvalue weighted by atomic mass is 35.5. The Labute approximate surface area is 117 Å². The Morgan fingerprint density at radius 3 is 2.26 bits per heavy atom. The largest absolute Gasteiger partial charge is 0.435 e. The second-order valence-electron chi connectivity index (χ2n) is 4.42. The summed E-state index contributed by atoms with van der Waals surface area (Å²) < 4.78 is 33.6. The molecule has 0 unspecified atom stereocenters. The minimum Gasteiger partial charge on any atom is -0.435 e. The topological polar surface area (TPSA) is 44.5 Å². The van der Waals surface area contributed by atoms with Gasteiger partial charge in [-0.3, -0.25) is 0 Å². The fourth-order valence-electron chi connectivity index (χ4n) is 2.22. The Bertz CT molecular complexity index is 369. The van der Waals surface area contributed by atoms with Gasteiger partial charge in [0.2, 0.25) is 0 Å². The van der Waals surface area contributed by atoms with E-state index in [1.807, 2.05) is 0 Å². The zero-order valence-electron chi connectivity index (χ0n) is 10.4. The van der Waals surface area contributed by atoms with Gasteiger partial charge in [0.05, 0.1) is 0 Å². The number of benzene rings is 1. The van der Waals surface area contributed by atoms with E-state index in [0.717, 1.165) is 31.6 Å². The first kappa shape index (κ1) is 16.1. The van der Waals surface area contributed by atoms with Crippen LogP contribution in [0.4, 0.5) is 8.78 Å². The summed E-state index contributed by atoms with van der Waals surface area (Å²) in [5, 5.41) is 0. The van der Waals surface area contributed by atoms with Crippen molar-refractivity contribution in [2.45, 2.75) is 25.5 Å². The second kappa shape index (κ2) is 7.62. The molecule has 1 heterocycles. The maximum atomic E-state index is 12.0. The fourth-order valence-corrected chi connectivity index (χ4v) is 2.22. The number of alkyl halides is 2. The van der Waals surface area contributed by atoms with Crippen molar-refractivity contribution >= 4 is 12.4 Å². The highest BCUT2D eigenvalue weighted by molar-refractivity contribution is 5.85. The molecule has 1 fully saturated rings. The third-order valence-electron chi connectivity index (χ3n) is 3.26. The molecule has 1 aliphatic heterocycles. The molecule has 3 nitrogen and oxygen atoms in total. The molecule has 19 heavy (non-hydrogen) atoms. The Kier molecular flexibility index (Phi) is 6.48. The van der Waals surface area contributed by atoms with E-state index in [-0.39, 0.29) is 24.2 Å². The average molecular weight is 294 g/mol. The lowest BCUT2D eigenvalue weighted by atomic mass is 9.88. The van der Waals surface area contributed by atoms with E-state index in [4.69, 9.17) is 10.5 Å². The van der Waals surface area contributed by atoms with Crippen LogP contribution < -0.4 is 10.5 Å². The second-order valence-corrected chi connectivity index (χ2v) is 4.42. The lowest BCUT2D eigenvalue weighted by Gasteiger charge is -2.27. The summed E-state index contributed by atoms with van der Waals surface area (Å²) in [5.41, 5.74) is 7.12. The van der Waals surface area contributed by atoms with Crippen molar-refractivity contribution in [2.24, 2.45) is 11.7 Å². The summed E-state index contributed by atoms with van der Waals surface area (Å²) in [4.78, 5) is 0. The summed E-state index contributed by atoms with van der Waals surface area (Å²) >= 11 is 0. The highest BCUT2D eigenvalue weighted by Crippen LogP contribution is 2.29. The van der Waals surface area contributed by atoms with Crippen molar-refractivity contribution < 1.29 is 18.3 Å². The zero-order chi connectivity index (χ0) is 13.0. The first-order valence-electron chi connectivity index (χ1n) is 6.05. The quantitative estimate of drug-likeness (QED) is 0.927. The molecule has 0 radical (unpaired) electrons. The van der Waals surface area contributed by atoms with Gasteiger partial charge in [-0.25, -0.2) is 0 Å². The molecule has 108 valence electrons. The van der Waals surface area contributed by atoms with Gasteiger partial charge in [-0.2, -0.15) is 8.78 Å². The fraction of sp³-hybridized carbons (Fsp3) is 0.538. The molecule has 0 saturated carbocycles. The van der Waals surface area contributed by atoms with Gasteiger partial charge in [-0.05, 0) is 36.5 Å². The molecular weight excluding hydrogens is 276 g/mol. The van der Waals surface area contributed by atoms with Crippen molar-refractivity contribution in [3.05, 3.63) is 29.8 Å². The van der Waals surface area contributed by atoms with Gasteiger partial charge < -0.3 is 15.2 Å². The van der Waals surface area contributed by atoms with Crippen LogP contribution in [-0.4, -0.2) is 19.8 Å². The van der Waals surface area contributed by atoms with E-state index in [2.05, 4.69) is 4.74 Å².